The normalized spacial score (nSPS) is 14.3. The molecule has 0 spiro atoms. The average Bonchev–Trinajstić information content (AvgIpc) is 3.49. The smallest absolute Gasteiger partial charge is 0.270 e. The highest BCUT2D eigenvalue weighted by atomic mass is 32.1. The molecule has 4 aromatic rings. The number of rotatable bonds is 7. The van der Waals surface area contributed by atoms with E-state index in [-0.39, 0.29) is 17.9 Å². The van der Waals surface area contributed by atoms with Crippen molar-refractivity contribution in [2.24, 2.45) is 5.92 Å². The Morgan fingerprint density at radius 3 is 2.62 bits per heavy atom. The summed E-state index contributed by atoms with van der Waals surface area (Å²) in [4.78, 5) is 31.4. The number of fused-ring (bicyclic) bond motifs is 1. The summed E-state index contributed by atoms with van der Waals surface area (Å²) < 4.78 is 1.82. The molecular weight excluding hydrogens is 420 g/mol. The Kier molecular flexibility index (Phi) is 5.49. The van der Waals surface area contributed by atoms with Gasteiger partial charge >= 0.3 is 0 Å². The van der Waals surface area contributed by atoms with E-state index in [1.807, 2.05) is 77.5 Å². The first-order chi connectivity index (χ1) is 15.6. The van der Waals surface area contributed by atoms with Crippen molar-refractivity contribution in [2.75, 3.05) is 6.54 Å². The molecule has 7 heteroatoms. The van der Waals surface area contributed by atoms with Gasteiger partial charge in [0.1, 0.15) is 5.69 Å². The molecule has 0 aliphatic heterocycles. The highest BCUT2D eigenvalue weighted by molar-refractivity contribution is 7.15. The molecule has 32 heavy (non-hydrogen) atoms. The van der Waals surface area contributed by atoms with Crippen LogP contribution in [0.4, 0.5) is 0 Å². The van der Waals surface area contributed by atoms with Crippen molar-refractivity contribution in [2.45, 2.75) is 25.8 Å². The Bertz CT molecular complexity index is 1270. The molecule has 1 fully saturated rings. The summed E-state index contributed by atoms with van der Waals surface area (Å²) >= 11 is 1.50. The highest BCUT2D eigenvalue weighted by Crippen LogP contribution is 2.33. The third kappa shape index (κ3) is 4.03. The average molecular weight is 445 g/mol. The maximum atomic E-state index is 13.2. The summed E-state index contributed by atoms with van der Waals surface area (Å²) in [7, 11) is 0. The van der Waals surface area contributed by atoms with Crippen LogP contribution in [0.3, 0.4) is 0 Å². The maximum Gasteiger partial charge on any atom is 0.270 e. The second kappa shape index (κ2) is 8.59. The zero-order valence-corrected chi connectivity index (χ0v) is 18.6. The van der Waals surface area contributed by atoms with E-state index in [4.69, 9.17) is 0 Å². The SMILES string of the molecule is Cc1nc2sccn2c1C(=O)NC[C@@H](NC(=O)c1ccccc1-c1ccccc1)C1CC1. The maximum absolute atomic E-state index is 13.2. The molecule has 5 rings (SSSR count). The number of aromatic nitrogens is 2. The summed E-state index contributed by atoms with van der Waals surface area (Å²) in [5, 5.41) is 8.11. The molecule has 162 valence electrons. The second-order valence-corrected chi connectivity index (χ2v) is 9.01. The van der Waals surface area contributed by atoms with E-state index in [0.717, 1.165) is 28.9 Å². The lowest BCUT2D eigenvalue weighted by molar-refractivity contribution is 0.0901. The standard InChI is InChI=1S/C25H24N4O2S/c1-16-22(29-13-14-32-25(29)27-16)24(31)26-15-21(18-11-12-18)28-23(30)20-10-6-5-9-19(20)17-7-3-2-4-8-17/h2-10,13-14,18,21H,11-12,15H2,1H3,(H,26,31)(H,28,30)/t21-/m1/s1. The zero-order chi connectivity index (χ0) is 22.1. The third-order valence-corrected chi connectivity index (χ3v) is 6.65. The fourth-order valence-electron chi connectivity index (χ4n) is 4.08. The number of carbonyl (C=O) groups is 2. The Morgan fingerprint density at radius 2 is 1.84 bits per heavy atom. The van der Waals surface area contributed by atoms with Gasteiger partial charge in [-0.15, -0.1) is 11.3 Å². The van der Waals surface area contributed by atoms with Crippen LogP contribution in [0.15, 0.2) is 66.2 Å². The Labute approximate surface area is 190 Å². The van der Waals surface area contributed by atoms with Gasteiger partial charge in [-0.05, 0) is 42.9 Å². The van der Waals surface area contributed by atoms with Gasteiger partial charge in [0.15, 0.2) is 4.96 Å². The van der Waals surface area contributed by atoms with E-state index in [1.165, 1.54) is 11.3 Å². The van der Waals surface area contributed by atoms with E-state index in [1.54, 1.807) is 0 Å². The molecule has 0 radical (unpaired) electrons. The van der Waals surface area contributed by atoms with Gasteiger partial charge in [0.05, 0.1) is 5.69 Å². The van der Waals surface area contributed by atoms with Crippen molar-refractivity contribution < 1.29 is 9.59 Å². The predicted molar refractivity (Wildman–Crippen MR) is 126 cm³/mol. The minimum absolute atomic E-state index is 0.110. The van der Waals surface area contributed by atoms with E-state index in [9.17, 15) is 9.59 Å². The fraction of sp³-hybridized carbons (Fsp3) is 0.240. The van der Waals surface area contributed by atoms with Crippen LogP contribution < -0.4 is 10.6 Å². The number of nitrogens with one attached hydrogen (secondary N) is 2. The topological polar surface area (TPSA) is 75.5 Å². The molecular formula is C25H24N4O2S. The fourth-order valence-corrected chi connectivity index (χ4v) is 4.84. The van der Waals surface area contributed by atoms with Crippen LogP contribution >= 0.6 is 11.3 Å². The lowest BCUT2D eigenvalue weighted by atomic mass is 9.99. The first kappa shape index (κ1) is 20.5. The second-order valence-electron chi connectivity index (χ2n) is 8.14. The van der Waals surface area contributed by atoms with Crippen LogP contribution in [0.25, 0.3) is 16.1 Å². The lowest BCUT2D eigenvalue weighted by Gasteiger charge is -2.20. The Balaban J connectivity index is 1.31. The Hall–Kier alpha value is -3.45. The van der Waals surface area contributed by atoms with Crippen LogP contribution in [-0.2, 0) is 0 Å². The highest BCUT2D eigenvalue weighted by Gasteiger charge is 2.33. The Morgan fingerprint density at radius 1 is 1.09 bits per heavy atom. The zero-order valence-electron chi connectivity index (χ0n) is 17.7. The monoisotopic (exact) mass is 444 g/mol. The van der Waals surface area contributed by atoms with E-state index in [2.05, 4.69) is 15.6 Å². The molecule has 1 saturated carbocycles. The lowest BCUT2D eigenvalue weighted by Crippen LogP contribution is -2.45. The number of amides is 2. The number of hydrogen-bond acceptors (Lipinski definition) is 4. The van der Waals surface area contributed by atoms with Gasteiger partial charge in [-0.1, -0.05) is 48.5 Å². The van der Waals surface area contributed by atoms with Gasteiger partial charge in [0, 0.05) is 29.7 Å². The summed E-state index contributed by atoms with van der Waals surface area (Å²) in [6.07, 6.45) is 3.97. The van der Waals surface area contributed by atoms with E-state index < -0.39 is 0 Å². The van der Waals surface area contributed by atoms with Crippen molar-refractivity contribution in [1.82, 2.24) is 20.0 Å². The van der Waals surface area contributed by atoms with E-state index in [0.29, 0.717) is 29.4 Å². The molecule has 1 aliphatic rings. The number of aryl methyl sites for hydroxylation is 1. The molecule has 2 amide bonds. The molecule has 2 aromatic carbocycles. The largest absolute Gasteiger partial charge is 0.349 e. The number of carbonyl (C=O) groups excluding carboxylic acids is 2. The summed E-state index contributed by atoms with van der Waals surface area (Å²) in [5.41, 5.74) is 3.81. The number of hydrogen-bond donors (Lipinski definition) is 2. The van der Waals surface area contributed by atoms with Crippen molar-refractivity contribution in [1.29, 1.82) is 0 Å². The molecule has 6 nitrogen and oxygen atoms in total. The third-order valence-electron chi connectivity index (χ3n) is 5.90. The van der Waals surface area contributed by atoms with Gasteiger partial charge in [-0.25, -0.2) is 4.98 Å². The first-order valence-corrected chi connectivity index (χ1v) is 11.7. The molecule has 2 aromatic heterocycles. The van der Waals surface area contributed by atoms with Crippen molar-refractivity contribution >= 4 is 28.1 Å². The minimum atomic E-state index is -0.169. The quantitative estimate of drug-likeness (QED) is 0.446. The predicted octanol–water partition coefficient (Wildman–Crippen LogP) is 4.31. The van der Waals surface area contributed by atoms with Gasteiger partial charge in [-0.3, -0.25) is 14.0 Å². The molecule has 1 aliphatic carbocycles. The van der Waals surface area contributed by atoms with Crippen LogP contribution in [0.1, 0.15) is 39.4 Å². The molecule has 0 unspecified atom stereocenters. The molecule has 0 saturated heterocycles. The molecule has 0 bridgehead atoms. The molecule has 2 heterocycles. The van der Waals surface area contributed by atoms with Crippen LogP contribution in [0.5, 0.6) is 0 Å². The molecule has 2 N–H and O–H groups in total. The summed E-state index contributed by atoms with van der Waals surface area (Å²) in [6, 6.07) is 17.4. The van der Waals surface area contributed by atoms with Crippen LogP contribution in [0.2, 0.25) is 0 Å². The first-order valence-electron chi connectivity index (χ1n) is 10.8. The van der Waals surface area contributed by atoms with Crippen molar-refractivity contribution in [3.63, 3.8) is 0 Å². The summed E-state index contributed by atoms with van der Waals surface area (Å²) in [6.45, 7) is 2.23. The number of benzene rings is 2. The number of thiazole rings is 1. The van der Waals surface area contributed by atoms with Gasteiger partial charge < -0.3 is 10.6 Å². The van der Waals surface area contributed by atoms with Gasteiger partial charge in [-0.2, -0.15) is 0 Å². The van der Waals surface area contributed by atoms with Gasteiger partial charge in [0.2, 0.25) is 0 Å². The number of nitrogens with zero attached hydrogens (tertiary/aromatic N) is 2. The van der Waals surface area contributed by atoms with Crippen molar-refractivity contribution in [3.8, 4) is 11.1 Å². The molecule has 1 atom stereocenters. The van der Waals surface area contributed by atoms with Gasteiger partial charge in [0.25, 0.3) is 11.8 Å². The summed E-state index contributed by atoms with van der Waals surface area (Å²) in [5.74, 6) is 0.102. The van der Waals surface area contributed by atoms with Crippen LogP contribution in [-0.4, -0.2) is 33.8 Å². The van der Waals surface area contributed by atoms with E-state index >= 15 is 0 Å². The number of imidazole rings is 1. The minimum Gasteiger partial charge on any atom is -0.349 e. The van der Waals surface area contributed by atoms with Crippen molar-refractivity contribution in [3.05, 3.63) is 83.1 Å². The van der Waals surface area contributed by atoms with Crippen LogP contribution in [0, 0.1) is 12.8 Å².